The van der Waals surface area contributed by atoms with Crippen molar-refractivity contribution in [2.24, 2.45) is 5.92 Å². The van der Waals surface area contributed by atoms with Crippen LogP contribution in [0.3, 0.4) is 0 Å². The molecule has 0 aliphatic carbocycles. The number of thiocarbonyl (C=S) groups is 1. The molecule has 0 bridgehead atoms. The first kappa shape index (κ1) is 17.0. The molecule has 0 aromatic heterocycles. The summed E-state index contributed by atoms with van der Waals surface area (Å²) in [5.41, 5.74) is 0.978. The van der Waals surface area contributed by atoms with Gasteiger partial charge in [0.1, 0.15) is 6.04 Å². The molecule has 1 saturated heterocycles. The molecular formula is C16H19NO3S2. The Bertz CT molecular complexity index is 562. The van der Waals surface area contributed by atoms with E-state index in [0.29, 0.717) is 18.7 Å². The van der Waals surface area contributed by atoms with E-state index in [1.165, 1.54) is 16.7 Å². The van der Waals surface area contributed by atoms with E-state index in [1.54, 1.807) is 0 Å². The summed E-state index contributed by atoms with van der Waals surface area (Å²) in [7, 11) is 0. The Labute approximate surface area is 139 Å². The predicted octanol–water partition coefficient (Wildman–Crippen LogP) is 2.81. The standard InChI is InChI=1S/C16H19NO3S2/c1-11(10-22-16(21)12-6-3-2-4-7-12)14(18)17-9-5-8-13(17)15(19)20/h2-4,6-7,11,13H,5,8-10H2,1H3,(H,19,20)/t11?,13-/m0/s1. The molecule has 2 rings (SSSR count). The van der Waals surface area contributed by atoms with Crippen LogP contribution in [0.2, 0.25) is 0 Å². The number of carboxylic acid groups (broad SMARTS) is 1. The first-order valence-corrected chi connectivity index (χ1v) is 8.65. The normalized spacial score (nSPS) is 19.0. The van der Waals surface area contributed by atoms with Gasteiger partial charge < -0.3 is 10.0 Å². The summed E-state index contributed by atoms with van der Waals surface area (Å²) in [6.45, 7) is 2.37. The Morgan fingerprint density at radius 3 is 2.73 bits per heavy atom. The van der Waals surface area contributed by atoms with Crippen LogP contribution in [0.25, 0.3) is 0 Å². The molecule has 1 amide bonds. The minimum Gasteiger partial charge on any atom is -0.480 e. The zero-order valence-electron chi connectivity index (χ0n) is 12.4. The average molecular weight is 337 g/mol. The second kappa shape index (κ2) is 7.74. The van der Waals surface area contributed by atoms with E-state index in [2.05, 4.69) is 0 Å². The van der Waals surface area contributed by atoms with Crippen LogP contribution in [0.15, 0.2) is 30.3 Å². The van der Waals surface area contributed by atoms with Crippen LogP contribution in [-0.4, -0.2) is 44.4 Å². The van der Waals surface area contributed by atoms with Gasteiger partial charge in [-0.3, -0.25) is 4.79 Å². The molecule has 1 aromatic rings. The first-order valence-electron chi connectivity index (χ1n) is 7.26. The molecule has 1 heterocycles. The van der Waals surface area contributed by atoms with Crippen molar-refractivity contribution < 1.29 is 14.7 Å². The molecule has 6 heteroatoms. The fraction of sp³-hybridized carbons (Fsp3) is 0.438. The Kier molecular flexibility index (Phi) is 5.97. The molecule has 4 nitrogen and oxygen atoms in total. The minimum atomic E-state index is -0.912. The van der Waals surface area contributed by atoms with Gasteiger partial charge in [0.15, 0.2) is 0 Å². The fourth-order valence-electron chi connectivity index (χ4n) is 2.50. The van der Waals surface area contributed by atoms with E-state index in [4.69, 9.17) is 17.3 Å². The van der Waals surface area contributed by atoms with Crippen molar-refractivity contribution in [3.8, 4) is 0 Å². The fourth-order valence-corrected chi connectivity index (χ4v) is 3.69. The molecule has 1 aliphatic rings. The van der Waals surface area contributed by atoms with Crippen molar-refractivity contribution in [2.45, 2.75) is 25.8 Å². The lowest BCUT2D eigenvalue weighted by atomic mass is 10.1. The quantitative estimate of drug-likeness (QED) is 0.837. The zero-order chi connectivity index (χ0) is 16.1. The van der Waals surface area contributed by atoms with Crippen LogP contribution in [0.4, 0.5) is 0 Å². The molecule has 1 N–H and O–H groups in total. The second-order valence-electron chi connectivity index (χ2n) is 5.39. The average Bonchev–Trinajstić information content (AvgIpc) is 3.02. The number of amides is 1. The molecule has 118 valence electrons. The third kappa shape index (κ3) is 4.08. The number of carbonyl (C=O) groups is 2. The predicted molar refractivity (Wildman–Crippen MR) is 92.1 cm³/mol. The topological polar surface area (TPSA) is 57.6 Å². The van der Waals surface area contributed by atoms with E-state index in [0.717, 1.165) is 16.2 Å². The lowest BCUT2D eigenvalue weighted by molar-refractivity contribution is -0.149. The van der Waals surface area contributed by atoms with Gasteiger partial charge in [-0.15, -0.1) is 11.8 Å². The van der Waals surface area contributed by atoms with E-state index in [9.17, 15) is 9.59 Å². The summed E-state index contributed by atoms with van der Waals surface area (Å²) in [6, 6.07) is 9.02. The van der Waals surface area contributed by atoms with E-state index in [-0.39, 0.29) is 11.8 Å². The molecule has 1 unspecified atom stereocenters. The summed E-state index contributed by atoms with van der Waals surface area (Å²) >= 11 is 6.84. The van der Waals surface area contributed by atoms with Gasteiger partial charge in [-0.1, -0.05) is 49.5 Å². The molecule has 0 saturated carbocycles. The van der Waals surface area contributed by atoms with E-state index >= 15 is 0 Å². The smallest absolute Gasteiger partial charge is 0.326 e. The van der Waals surface area contributed by atoms with Gasteiger partial charge in [-0.05, 0) is 18.4 Å². The van der Waals surface area contributed by atoms with Gasteiger partial charge >= 0.3 is 5.97 Å². The van der Waals surface area contributed by atoms with Crippen molar-refractivity contribution in [3.05, 3.63) is 35.9 Å². The number of rotatable bonds is 5. The number of hydrogen-bond donors (Lipinski definition) is 1. The minimum absolute atomic E-state index is 0.0896. The third-order valence-corrected chi connectivity index (χ3v) is 5.47. The van der Waals surface area contributed by atoms with Gasteiger partial charge in [0.25, 0.3) is 0 Å². The van der Waals surface area contributed by atoms with Gasteiger partial charge in [-0.25, -0.2) is 4.79 Å². The van der Waals surface area contributed by atoms with Crippen LogP contribution >= 0.6 is 24.0 Å². The maximum absolute atomic E-state index is 12.4. The number of hydrogen-bond acceptors (Lipinski definition) is 4. The molecule has 22 heavy (non-hydrogen) atoms. The number of thioether (sulfide) groups is 1. The van der Waals surface area contributed by atoms with E-state index < -0.39 is 12.0 Å². The highest BCUT2D eigenvalue weighted by Crippen LogP contribution is 2.23. The van der Waals surface area contributed by atoms with Crippen LogP contribution in [0, 0.1) is 5.92 Å². The maximum atomic E-state index is 12.4. The highest BCUT2D eigenvalue weighted by molar-refractivity contribution is 8.23. The Hall–Kier alpha value is -1.40. The molecule has 0 spiro atoms. The monoisotopic (exact) mass is 337 g/mol. The summed E-state index contributed by atoms with van der Waals surface area (Å²) in [6.07, 6.45) is 1.30. The Morgan fingerprint density at radius 2 is 2.09 bits per heavy atom. The molecule has 1 aromatic carbocycles. The number of benzene rings is 1. The van der Waals surface area contributed by atoms with Crippen LogP contribution in [-0.2, 0) is 9.59 Å². The number of carboxylic acids is 1. The molecule has 2 atom stereocenters. The van der Waals surface area contributed by atoms with Crippen molar-refractivity contribution in [2.75, 3.05) is 12.3 Å². The SMILES string of the molecule is CC(CSC(=S)c1ccccc1)C(=O)N1CCC[C@H]1C(=O)O. The molecule has 1 fully saturated rings. The van der Waals surface area contributed by atoms with E-state index in [1.807, 2.05) is 37.3 Å². The maximum Gasteiger partial charge on any atom is 0.326 e. The van der Waals surface area contributed by atoms with Crippen molar-refractivity contribution >= 4 is 40.1 Å². The van der Waals surface area contributed by atoms with Crippen molar-refractivity contribution in [1.82, 2.24) is 4.90 Å². The van der Waals surface area contributed by atoms with Crippen molar-refractivity contribution in [3.63, 3.8) is 0 Å². The van der Waals surface area contributed by atoms with Gasteiger partial charge in [0, 0.05) is 18.2 Å². The second-order valence-corrected chi connectivity index (χ2v) is 7.09. The zero-order valence-corrected chi connectivity index (χ0v) is 14.0. The van der Waals surface area contributed by atoms with Gasteiger partial charge in [0.2, 0.25) is 5.91 Å². The van der Waals surface area contributed by atoms with Crippen molar-refractivity contribution in [1.29, 1.82) is 0 Å². The van der Waals surface area contributed by atoms with Crippen LogP contribution in [0.5, 0.6) is 0 Å². The van der Waals surface area contributed by atoms with Crippen LogP contribution < -0.4 is 0 Å². The summed E-state index contributed by atoms with van der Waals surface area (Å²) < 4.78 is 0.761. The number of nitrogens with zero attached hydrogens (tertiary/aromatic N) is 1. The third-order valence-electron chi connectivity index (χ3n) is 3.72. The number of carbonyl (C=O) groups excluding carboxylic acids is 1. The Morgan fingerprint density at radius 1 is 1.41 bits per heavy atom. The highest BCUT2D eigenvalue weighted by atomic mass is 32.2. The number of aliphatic carboxylic acids is 1. The summed E-state index contributed by atoms with van der Waals surface area (Å²) in [5, 5.41) is 9.16. The van der Waals surface area contributed by atoms with Gasteiger partial charge in [-0.2, -0.15) is 0 Å². The summed E-state index contributed by atoms with van der Waals surface area (Å²) in [5.74, 6) is -0.680. The molecular weight excluding hydrogens is 318 g/mol. The Balaban J connectivity index is 1.89. The largest absolute Gasteiger partial charge is 0.480 e. The molecule has 1 aliphatic heterocycles. The highest BCUT2D eigenvalue weighted by Gasteiger charge is 2.35. The van der Waals surface area contributed by atoms with Crippen LogP contribution in [0.1, 0.15) is 25.3 Å². The summed E-state index contributed by atoms with van der Waals surface area (Å²) in [4.78, 5) is 25.1. The molecule has 0 radical (unpaired) electrons. The lowest BCUT2D eigenvalue weighted by Gasteiger charge is -2.24. The lowest BCUT2D eigenvalue weighted by Crippen LogP contribution is -2.43. The first-order chi connectivity index (χ1) is 10.5. The number of likely N-dealkylation sites (tertiary alicyclic amines) is 1. The van der Waals surface area contributed by atoms with Gasteiger partial charge in [0.05, 0.1) is 4.20 Å².